The van der Waals surface area contributed by atoms with Crippen molar-refractivity contribution < 1.29 is 28.6 Å². The highest BCUT2D eigenvalue weighted by Gasteiger charge is 2.19. The van der Waals surface area contributed by atoms with Crippen molar-refractivity contribution in [1.29, 1.82) is 0 Å². The average molecular weight is 877 g/mol. The largest absolute Gasteiger partial charge is 0.462 e. The van der Waals surface area contributed by atoms with Crippen LogP contribution in [-0.2, 0) is 28.6 Å². The maximum atomic E-state index is 12.8. The van der Waals surface area contributed by atoms with Crippen LogP contribution in [0.5, 0.6) is 0 Å². The third kappa shape index (κ3) is 49.4. The molecule has 0 saturated heterocycles. The van der Waals surface area contributed by atoms with Crippen molar-refractivity contribution in [3.63, 3.8) is 0 Å². The molecule has 0 aromatic heterocycles. The lowest BCUT2D eigenvalue weighted by Gasteiger charge is -2.18. The summed E-state index contributed by atoms with van der Waals surface area (Å²) in [7, 11) is 0. The molecule has 0 amide bonds. The first-order valence-corrected chi connectivity index (χ1v) is 28.0. The number of unbranched alkanes of at least 4 members (excludes halogenated alkanes) is 41. The summed E-state index contributed by atoms with van der Waals surface area (Å²) in [4.78, 5) is 38.0. The molecule has 0 bridgehead atoms. The summed E-state index contributed by atoms with van der Waals surface area (Å²) in [5.41, 5.74) is 0. The molecule has 1 atom stereocenters. The van der Waals surface area contributed by atoms with Crippen molar-refractivity contribution in [2.75, 3.05) is 13.2 Å². The van der Waals surface area contributed by atoms with Gasteiger partial charge in [0.2, 0.25) is 0 Å². The molecule has 0 radical (unpaired) electrons. The van der Waals surface area contributed by atoms with Crippen molar-refractivity contribution in [1.82, 2.24) is 0 Å². The van der Waals surface area contributed by atoms with E-state index in [9.17, 15) is 14.4 Å². The van der Waals surface area contributed by atoms with Crippen LogP contribution in [0.3, 0.4) is 0 Å². The molecule has 0 aromatic rings. The quantitative estimate of drug-likeness (QED) is 0.0344. The lowest BCUT2D eigenvalue weighted by Crippen LogP contribution is -2.30. The minimum absolute atomic E-state index is 0.0612. The Morgan fingerprint density at radius 2 is 0.435 bits per heavy atom. The Labute approximate surface area is 387 Å². The molecule has 0 fully saturated rings. The van der Waals surface area contributed by atoms with Gasteiger partial charge < -0.3 is 14.2 Å². The molecule has 0 rings (SSSR count). The van der Waals surface area contributed by atoms with E-state index in [-0.39, 0.29) is 31.1 Å². The minimum Gasteiger partial charge on any atom is -0.462 e. The van der Waals surface area contributed by atoms with Crippen molar-refractivity contribution in [3.05, 3.63) is 0 Å². The zero-order valence-electron chi connectivity index (χ0n) is 42.2. The predicted molar refractivity (Wildman–Crippen MR) is 266 cm³/mol. The van der Waals surface area contributed by atoms with Crippen LogP contribution in [0.25, 0.3) is 0 Å². The van der Waals surface area contributed by atoms with Crippen LogP contribution in [0.2, 0.25) is 0 Å². The Hall–Kier alpha value is -1.59. The predicted octanol–water partition coefficient (Wildman–Crippen LogP) is 18.4. The van der Waals surface area contributed by atoms with Crippen LogP contribution in [0.15, 0.2) is 0 Å². The number of rotatable bonds is 52. The van der Waals surface area contributed by atoms with E-state index in [1.807, 2.05) is 0 Å². The summed E-state index contributed by atoms with van der Waals surface area (Å²) >= 11 is 0. The zero-order valence-corrected chi connectivity index (χ0v) is 42.2. The molecule has 0 heterocycles. The number of carbonyl (C=O) groups is 3. The van der Waals surface area contributed by atoms with Gasteiger partial charge in [0.15, 0.2) is 6.10 Å². The van der Waals surface area contributed by atoms with E-state index in [0.29, 0.717) is 19.3 Å². The molecule has 0 N–H and O–H groups in total. The fourth-order valence-electron chi connectivity index (χ4n) is 8.62. The van der Waals surface area contributed by atoms with Crippen molar-refractivity contribution in [2.45, 2.75) is 329 Å². The Morgan fingerprint density at radius 3 is 0.645 bits per heavy atom. The Morgan fingerprint density at radius 1 is 0.258 bits per heavy atom. The molecule has 0 spiro atoms. The number of hydrogen-bond donors (Lipinski definition) is 0. The summed E-state index contributed by atoms with van der Waals surface area (Å²) in [5, 5.41) is 0. The van der Waals surface area contributed by atoms with Crippen LogP contribution in [-0.4, -0.2) is 37.2 Å². The summed E-state index contributed by atoms with van der Waals surface area (Å²) in [5.74, 6) is -0.834. The van der Waals surface area contributed by atoms with Gasteiger partial charge in [0, 0.05) is 19.3 Å². The molecular weight excluding hydrogens is 769 g/mol. The SMILES string of the molecule is CCCCCCCCCCCCCCCCCCCC(=O)OC[C@@H](COC(=O)CCCCCCCCCCCCCCCC)OC(=O)CCCCCCCCCCCCCCC. The Balaban J connectivity index is 4.28. The monoisotopic (exact) mass is 877 g/mol. The van der Waals surface area contributed by atoms with Crippen molar-refractivity contribution >= 4 is 17.9 Å². The first-order valence-electron chi connectivity index (χ1n) is 28.0. The lowest BCUT2D eigenvalue weighted by atomic mass is 10.0. The van der Waals surface area contributed by atoms with Gasteiger partial charge in [-0.1, -0.05) is 284 Å². The molecule has 6 nitrogen and oxygen atoms in total. The highest BCUT2D eigenvalue weighted by Crippen LogP contribution is 2.17. The third-order valence-electron chi connectivity index (χ3n) is 12.9. The molecule has 0 aromatic carbocycles. The first-order chi connectivity index (χ1) is 30.5. The van der Waals surface area contributed by atoms with Crippen LogP contribution in [0, 0.1) is 0 Å². The molecule has 0 unspecified atom stereocenters. The highest BCUT2D eigenvalue weighted by molar-refractivity contribution is 5.71. The fraction of sp³-hybridized carbons (Fsp3) is 0.946. The first kappa shape index (κ1) is 60.4. The molecule has 0 aliphatic rings. The van der Waals surface area contributed by atoms with Gasteiger partial charge in [0.05, 0.1) is 0 Å². The van der Waals surface area contributed by atoms with E-state index < -0.39 is 6.10 Å². The third-order valence-corrected chi connectivity index (χ3v) is 12.9. The van der Waals surface area contributed by atoms with Crippen LogP contribution in [0.4, 0.5) is 0 Å². The Kier molecular flexibility index (Phi) is 50.7. The summed E-state index contributed by atoms with van der Waals surface area (Å²) in [6, 6.07) is 0. The maximum Gasteiger partial charge on any atom is 0.306 e. The van der Waals surface area contributed by atoms with Crippen LogP contribution in [0.1, 0.15) is 323 Å². The minimum atomic E-state index is -0.760. The number of hydrogen-bond acceptors (Lipinski definition) is 6. The van der Waals surface area contributed by atoms with E-state index in [1.165, 1.54) is 225 Å². The van der Waals surface area contributed by atoms with Crippen molar-refractivity contribution in [3.8, 4) is 0 Å². The van der Waals surface area contributed by atoms with Crippen LogP contribution < -0.4 is 0 Å². The molecule has 0 saturated carbocycles. The summed E-state index contributed by atoms with van der Waals surface area (Å²) < 4.78 is 16.9. The molecule has 6 heteroatoms. The maximum absolute atomic E-state index is 12.8. The van der Waals surface area contributed by atoms with E-state index >= 15 is 0 Å². The van der Waals surface area contributed by atoms with Gasteiger partial charge in [0.25, 0.3) is 0 Å². The second-order valence-electron chi connectivity index (χ2n) is 19.2. The van der Waals surface area contributed by atoms with Gasteiger partial charge in [-0.3, -0.25) is 14.4 Å². The normalized spacial score (nSPS) is 11.9. The Bertz CT molecular complexity index is 920. The van der Waals surface area contributed by atoms with Crippen LogP contribution >= 0.6 is 0 Å². The zero-order chi connectivity index (χ0) is 45.1. The second-order valence-corrected chi connectivity index (χ2v) is 19.2. The van der Waals surface area contributed by atoms with E-state index in [0.717, 1.165) is 57.8 Å². The number of ether oxygens (including phenoxy) is 3. The number of carbonyl (C=O) groups excluding carboxylic acids is 3. The van der Waals surface area contributed by atoms with Gasteiger partial charge in [-0.2, -0.15) is 0 Å². The van der Waals surface area contributed by atoms with Gasteiger partial charge in [-0.05, 0) is 19.3 Å². The second kappa shape index (κ2) is 52.0. The summed E-state index contributed by atoms with van der Waals surface area (Å²) in [6.45, 7) is 6.70. The summed E-state index contributed by atoms with van der Waals surface area (Å²) in [6.07, 6.45) is 56.6. The molecule has 368 valence electrons. The topological polar surface area (TPSA) is 78.9 Å². The van der Waals surface area contributed by atoms with Gasteiger partial charge in [-0.25, -0.2) is 0 Å². The molecular formula is C56H108O6. The molecule has 0 aliphatic carbocycles. The van der Waals surface area contributed by atoms with Gasteiger partial charge >= 0.3 is 17.9 Å². The number of esters is 3. The molecule has 0 aliphatic heterocycles. The van der Waals surface area contributed by atoms with E-state index in [2.05, 4.69) is 20.8 Å². The van der Waals surface area contributed by atoms with Crippen molar-refractivity contribution in [2.24, 2.45) is 0 Å². The highest BCUT2D eigenvalue weighted by atomic mass is 16.6. The lowest BCUT2D eigenvalue weighted by molar-refractivity contribution is -0.167. The van der Waals surface area contributed by atoms with E-state index in [4.69, 9.17) is 14.2 Å². The average Bonchev–Trinajstić information content (AvgIpc) is 3.27. The van der Waals surface area contributed by atoms with Gasteiger partial charge in [0.1, 0.15) is 13.2 Å². The standard InChI is InChI=1S/C56H108O6/c1-4-7-10-13-16-19-22-25-27-28-29-32-34-37-40-43-46-49-55(58)61-52-53(62-56(59)50-47-44-41-38-35-30-24-21-18-15-12-9-6-3)51-60-54(57)48-45-42-39-36-33-31-26-23-20-17-14-11-8-5-2/h53H,4-52H2,1-3H3/t53-/m1/s1. The smallest absolute Gasteiger partial charge is 0.306 e. The fourth-order valence-corrected chi connectivity index (χ4v) is 8.62. The molecule has 62 heavy (non-hydrogen) atoms. The van der Waals surface area contributed by atoms with E-state index in [1.54, 1.807) is 0 Å². The van der Waals surface area contributed by atoms with Gasteiger partial charge in [-0.15, -0.1) is 0 Å².